The van der Waals surface area contributed by atoms with Crippen LogP contribution in [0.15, 0.2) is 72.9 Å². The number of hydrogen-bond donors (Lipinski definition) is 2. The first kappa shape index (κ1) is 68.9. The van der Waals surface area contributed by atoms with Crippen LogP contribution in [-0.4, -0.2) is 66.5 Å². The van der Waals surface area contributed by atoms with Crippen molar-refractivity contribution in [3.63, 3.8) is 0 Å². The van der Waals surface area contributed by atoms with Gasteiger partial charge in [-0.2, -0.15) is 0 Å². The zero-order chi connectivity index (χ0) is 52.7. The van der Waals surface area contributed by atoms with Gasteiger partial charge < -0.3 is 24.2 Å². The van der Waals surface area contributed by atoms with Crippen LogP contribution in [-0.2, 0) is 42.2 Å². The number of rotatable bonds is 53. The molecule has 0 spiro atoms. The first-order valence-corrected chi connectivity index (χ1v) is 30.3. The number of aliphatic hydroxyl groups excluding tert-OH is 1. The standard InChI is InChI=1S/C60H105O11P/c1-4-7-10-13-16-19-22-25-26-27-28-29-30-33-34-37-40-43-46-49-58(62)67-53-57(71-60(64)51-48-45-42-39-36-32-24-21-18-15-12-9-6-3)55-69-72(65,66)68-54-56(52-61)70-59(63)50-47-44-41-38-35-31-23-20-17-14-11-8-5-2/h9,11-12,14,18,20-21,23,25-26,32,36,56-57,61H,4-8,10,13,15-17,19,22,24,27-31,33-35,37-55H2,1-3H3,(H,65,66)/b12-9-,14-11-,21-18-,23-20-,26-25-,36-32-. The molecule has 0 amide bonds. The van der Waals surface area contributed by atoms with Crippen molar-refractivity contribution in [2.24, 2.45) is 0 Å². The van der Waals surface area contributed by atoms with E-state index in [0.717, 1.165) is 109 Å². The minimum atomic E-state index is -4.76. The maximum Gasteiger partial charge on any atom is 0.472 e. The number of phosphoric ester groups is 1. The molecule has 72 heavy (non-hydrogen) atoms. The topological polar surface area (TPSA) is 155 Å². The van der Waals surface area contributed by atoms with E-state index in [-0.39, 0.29) is 25.9 Å². The quantitative estimate of drug-likeness (QED) is 0.0197. The molecule has 0 fully saturated rings. The third-order valence-corrected chi connectivity index (χ3v) is 13.0. The largest absolute Gasteiger partial charge is 0.472 e. The van der Waals surface area contributed by atoms with Gasteiger partial charge in [-0.25, -0.2) is 4.57 Å². The molecule has 0 aromatic carbocycles. The molecule has 12 heteroatoms. The lowest BCUT2D eigenvalue weighted by Gasteiger charge is -2.21. The summed E-state index contributed by atoms with van der Waals surface area (Å²) in [7, 11) is -4.76. The number of allylic oxidation sites excluding steroid dienone is 12. The SMILES string of the molecule is CC/C=C\C/C=C\C/C=C\CCCCCC(=O)OC(COC(=O)CCCCCCCCCCC/C=C\CCCCCCCC)COP(=O)(O)OCC(CO)OC(=O)CCCCCCC/C=C\C/C=C\CCC. The summed E-state index contributed by atoms with van der Waals surface area (Å²) in [5, 5.41) is 9.80. The van der Waals surface area contributed by atoms with Gasteiger partial charge in [0, 0.05) is 19.3 Å². The molecule has 0 aliphatic carbocycles. The number of esters is 3. The number of carbonyl (C=O) groups is 3. The summed E-state index contributed by atoms with van der Waals surface area (Å²) < 4.78 is 39.4. The summed E-state index contributed by atoms with van der Waals surface area (Å²) >= 11 is 0. The number of carbonyl (C=O) groups excluding carboxylic acids is 3. The molecule has 3 atom stereocenters. The molecule has 0 saturated carbocycles. The Kier molecular flexibility index (Phi) is 51.9. The van der Waals surface area contributed by atoms with Crippen LogP contribution in [0.3, 0.4) is 0 Å². The normalized spacial score (nSPS) is 13.9. The molecule has 0 heterocycles. The fraction of sp³-hybridized carbons (Fsp3) is 0.750. The van der Waals surface area contributed by atoms with Crippen LogP contribution in [0.5, 0.6) is 0 Å². The second kappa shape index (κ2) is 54.2. The van der Waals surface area contributed by atoms with Gasteiger partial charge in [0.15, 0.2) is 6.10 Å². The number of phosphoric acid groups is 1. The summed E-state index contributed by atoms with van der Waals surface area (Å²) in [5.41, 5.74) is 0. The van der Waals surface area contributed by atoms with Crippen molar-refractivity contribution in [2.75, 3.05) is 26.4 Å². The van der Waals surface area contributed by atoms with Crippen molar-refractivity contribution in [3.05, 3.63) is 72.9 Å². The Bertz CT molecular complexity index is 1490. The van der Waals surface area contributed by atoms with E-state index in [9.17, 15) is 28.9 Å². The molecule has 0 aliphatic rings. The van der Waals surface area contributed by atoms with Gasteiger partial charge in [0.05, 0.1) is 19.8 Å². The molecule has 0 saturated heterocycles. The molecule has 0 bridgehead atoms. The molecule has 0 rings (SSSR count). The first-order chi connectivity index (χ1) is 35.2. The molecule has 0 aliphatic heterocycles. The average Bonchev–Trinajstić information content (AvgIpc) is 3.37. The van der Waals surface area contributed by atoms with Gasteiger partial charge in [-0.3, -0.25) is 23.4 Å². The van der Waals surface area contributed by atoms with Crippen LogP contribution >= 0.6 is 7.82 Å². The molecule has 11 nitrogen and oxygen atoms in total. The summed E-state index contributed by atoms with van der Waals surface area (Å²) in [6, 6.07) is 0. The van der Waals surface area contributed by atoms with Crippen LogP contribution in [0.25, 0.3) is 0 Å². The number of unbranched alkanes of at least 4 members (excludes halogenated alkanes) is 24. The van der Waals surface area contributed by atoms with Crippen LogP contribution in [0.4, 0.5) is 0 Å². The fourth-order valence-electron chi connectivity index (χ4n) is 7.70. The Morgan fingerprint density at radius 1 is 0.403 bits per heavy atom. The predicted octanol–water partition coefficient (Wildman–Crippen LogP) is 16.9. The van der Waals surface area contributed by atoms with E-state index in [4.69, 9.17) is 23.3 Å². The van der Waals surface area contributed by atoms with Gasteiger partial charge in [-0.05, 0) is 103 Å². The lowest BCUT2D eigenvalue weighted by Crippen LogP contribution is -2.30. The second-order valence-electron chi connectivity index (χ2n) is 19.1. The highest BCUT2D eigenvalue weighted by atomic mass is 31.2. The van der Waals surface area contributed by atoms with Gasteiger partial charge >= 0.3 is 25.7 Å². The van der Waals surface area contributed by atoms with Crippen molar-refractivity contribution >= 4 is 25.7 Å². The summed E-state index contributed by atoms with van der Waals surface area (Å²) in [6.45, 7) is 4.42. The average molecular weight is 1030 g/mol. The third-order valence-electron chi connectivity index (χ3n) is 12.1. The zero-order valence-electron chi connectivity index (χ0n) is 45.9. The summed E-state index contributed by atoms with van der Waals surface area (Å²) in [6.07, 6.45) is 60.1. The lowest BCUT2D eigenvalue weighted by molar-refractivity contribution is -0.161. The molecule has 416 valence electrons. The Labute approximate surface area is 439 Å². The highest BCUT2D eigenvalue weighted by Gasteiger charge is 2.28. The van der Waals surface area contributed by atoms with E-state index in [2.05, 4.69) is 93.7 Å². The highest BCUT2D eigenvalue weighted by Crippen LogP contribution is 2.43. The van der Waals surface area contributed by atoms with Crippen molar-refractivity contribution in [1.29, 1.82) is 0 Å². The van der Waals surface area contributed by atoms with E-state index in [1.54, 1.807) is 0 Å². The van der Waals surface area contributed by atoms with E-state index >= 15 is 0 Å². The summed E-state index contributed by atoms with van der Waals surface area (Å²) in [4.78, 5) is 48.5. The molecule has 0 radical (unpaired) electrons. The van der Waals surface area contributed by atoms with Crippen LogP contribution in [0, 0.1) is 0 Å². The molecule has 3 unspecified atom stereocenters. The fourth-order valence-corrected chi connectivity index (χ4v) is 8.48. The molecule has 0 aromatic heterocycles. The maximum atomic E-state index is 12.9. The van der Waals surface area contributed by atoms with E-state index in [1.807, 2.05) is 0 Å². The Morgan fingerprint density at radius 2 is 0.750 bits per heavy atom. The number of aliphatic hydroxyl groups is 1. The molecular weight excluding hydrogens is 928 g/mol. The van der Waals surface area contributed by atoms with E-state index in [0.29, 0.717) is 19.3 Å². The van der Waals surface area contributed by atoms with Crippen LogP contribution in [0.2, 0.25) is 0 Å². The number of hydrogen-bond acceptors (Lipinski definition) is 10. The molecule has 0 aromatic rings. The van der Waals surface area contributed by atoms with Crippen molar-refractivity contribution in [2.45, 2.75) is 264 Å². The zero-order valence-corrected chi connectivity index (χ0v) is 46.8. The Hall–Kier alpha value is -3.08. The summed E-state index contributed by atoms with van der Waals surface area (Å²) in [5.74, 6) is -1.51. The minimum absolute atomic E-state index is 0.130. The van der Waals surface area contributed by atoms with E-state index in [1.165, 1.54) is 83.5 Å². The maximum absolute atomic E-state index is 12.9. The first-order valence-electron chi connectivity index (χ1n) is 28.8. The molecular formula is C60H105O11P. The van der Waals surface area contributed by atoms with E-state index < -0.39 is 57.8 Å². The van der Waals surface area contributed by atoms with Gasteiger partial charge in [0.1, 0.15) is 12.7 Å². The van der Waals surface area contributed by atoms with Gasteiger partial charge in [-0.1, -0.05) is 203 Å². The third kappa shape index (κ3) is 51.8. The van der Waals surface area contributed by atoms with Gasteiger partial charge in [0.2, 0.25) is 0 Å². The van der Waals surface area contributed by atoms with Crippen LogP contribution in [0.1, 0.15) is 252 Å². The Balaban J connectivity index is 4.72. The minimum Gasteiger partial charge on any atom is -0.462 e. The predicted molar refractivity (Wildman–Crippen MR) is 298 cm³/mol. The van der Waals surface area contributed by atoms with Crippen molar-refractivity contribution in [3.8, 4) is 0 Å². The van der Waals surface area contributed by atoms with Crippen LogP contribution < -0.4 is 0 Å². The van der Waals surface area contributed by atoms with Crippen molar-refractivity contribution < 1.29 is 52.2 Å². The van der Waals surface area contributed by atoms with Gasteiger partial charge in [-0.15, -0.1) is 0 Å². The monoisotopic (exact) mass is 1030 g/mol. The highest BCUT2D eigenvalue weighted by molar-refractivity contribution is 7.47. The lowest BCUT2D eigenvalue weighted by atomic mass is 10.1. The number of ether oxygens (including phenoxy) is 3. The molecule has 2 N–H and O–H groups in total. The Morgan fingerprint density at radius 3 is 1.19 bits per heavy atom. The van der Waals surface area contributed by atoms with Crippen molar-refractivity contribution in [1.82, 2.24) is 0 Å². The smallest absolute Gasteiger partial charge is 0.462 e. The second-order valence-corrected chi connectivity index (χ2v) is 20.5. The van der Waals surface area contributed by atoms with Gasteiger partial charge in [0.25, 0.3) is 0 Å².